The minimum absolute atomic E-state index is 0.0451. The van der Waals surface area contributed by atoms with Crippen molar-refractivity contribution in [3.05, 3.63) is 12.7 Å². The van der Waals surface area contributed by atoms with E-state index >= 15 is 0 Å². The van der Waals surface area contributed by atoms with E-state index in [1.165, 1.54) is 6.08 Å². The van der Waals surface area contributed by atoms with Gasteiger partial charge in [0, 0.05) is 26.8 Å². The van der Waals surface area contributed by atoms with Crippen LogP contribution in [0.25, 0.3) is 0 Å². The van der Waals surface area contributed by atoms with E-state index < -0.39 is 0 Å². The van der Waals surface area contributed by atoms with Crippen molar-refractivity contribution in [1.29, 1.82) is 0 Å². The van der Waals surface area contributed by atoms with Gasteiger partial charge in [0.25, 0.3) is 0 Å². The minimum Gasteiger partial charge on any atom is -0.385 e. The van der Waals surface area contributed by atoms with Gasteiger partial charge >= 0.3 is 0 Å². The Hall–Kier alpha value is -0.830. The van der Waals surface area contributed by atoms with Gasteiger partial charge in [0.1, 0.15) is 0 Å². The Balaban J connectivity index is 2.11. The van der Waals surface area contributed by atoms with Crippen LogP contribution in [0.1, 0.15) is 6.42 Å². The zero-order valence-corrected chi connectivity index (χ0v) is 7.45. The summed E-state index contributed by atoms with van der Waals surface area (Å²) >= 11 is 0. The molecule has 0 N–H and O–H groups in total. The van der Waals surface area contributed by atoms with Gasteiger partial charge in [-0.1, -0.05) is 6.58 Å². The van der Waals surface area contributed by atoms with Crippen molar-refractivity contribution in [2.24, 2.45) is 5.92 Å². The predicted molar refractivity (Wildman–Crippen MR) is 46.8 cm³/mol. The van der Waals surface area contributed by atoms with Gasteiger partial charge in [-0.05, 0) is 18.4 Å². The van der Waals surface area contributed by atoms with Crippen molar-refractivity contribution in [3.8, 4) is 0 Å². The molecule has 0 aliphatic carbocycles. The normalized spacial score (nSPS) is 17.2. The Bertz CT molecular complexity index is 173. The van der Waals surface area contributed by atoms with E-state index in [4.69, 9.17) is 4.74 Å². The smallest absolute Gasteiger partial charge is 0.245 e. The summed E-state index contributed by atoms with van der Waals surface area (Å²) in [5.74, 6) is 0.678. The summed E-state index contributed by atoms with van der Waals surface area (Å²) in [5, 5.41) is 0. The number of amides is 1. The fraction of sp³-hybridized carbons (Fsp3) is 0.667. The van der Waals surface area contributed by atoms with Crippen LogP contribution in [0.15, 0.2) is 12.7 Å². The highest BCUT2D eigenvalue weighted by Gasteiger charge is 2.28. The molecule has 1 fully saturated rings. The van der Waals surface area contributed by atoms with Gasteiger partial charge in [-0.25, -0.2) is 0 Å². The molecule has 0 saturated carbocycles. The number of methoxy groups -OCH3 is 1. The van der Waals surface area contributed by atoms with Gasteiger partial charge < -0.3 is 9.64 Å². The van der Waals surface area contributed by atoms with Crippen molar-refractivity contribution in [1.82, 2.24) is 4.90 Å². The highest BCUT2D eigenvalue weighted by molar-refractivity contribution is 5.87. The van der Waals surface area contributed by atoms with Gasteiger partial charge in [0.2, 0.25) is 5.91 Å². The fourth-order valence-corrected chi connectivity index (χ4v) is 1.35. The van der Waals surface area contributed by atoms with Crippen molar-refractivity contribution >= 4 is 5.91 Å². The monoisotopic (exact) mass is 169 g/mol. The van der Waals surface area contributed by atoms with Crippen molar-refractivity contribution < 1.29 is 9.53 Å². The number of likely N-dealkylation sites (tertiary alicyclic amines) is 1. The summed E-state index contributed by atoms with van der Waals surface area (Å²) in [4.78, 5) is 12.8. The lowest BCUT2D eigenvalue weighted by Crippen LogP contribution is -2.49. The predicted octanol–water partition coefficient (Wildman–Crippen LogP) is 0.667. The molecule has 0 bridgehead atoms. The quantitative estimate of drug-likeness (QED) is 0.579. The second kappa shape index (κ2) is 4.26. The molecule has 0 radical (unpaired) electrons. The van der Waals surface area contributed by atoms with E-state index in [0.29, 0.717) is 5.92 Å². The first-order valence-electron chi connectivity index (χ1n) is 4.18. The maximum absolute atomic E-state index is 11.0. The third-order valence-corrected chi connectivity index (χ3v) is 2.17. The molecule has 0 unspecified atom stereocenters. The van der Waals surface area contributed by atoms with E-state index in [1.54, 1.807) is 12.0 Å². The second-order valence-electron chi connectivity index (χ2n) is 3.09. The molecule has 1 aliphatic heterocycles. The third-order valence-electron chi connectivity index (χ3n) is 2.17. The van der Waals surface area contributed by atoms with Crippen LogP contribution < -0.4 is 0 Å². The molecule has 0 spiro atoms. The Kier molecular flexibility index (Phi) is 3.29. The van der Waals surface area contributed by atoms with Crippen LogP contribution in [-0.2, 0) is 9.53 Å². The molecule has 12 heavy (non-hydrogen) atoms. The zero-order valence-electron chi connectivity index (χ0n) is 7.45. The SMILES string of the molecule is C=CC(=O)N1CC(CCOC)C1. The first-order chi connectivity index (χ1) is 5.77. The largest absolute Gasteiger partial charge is 0.385 e. The van der Waals surface area contributed by atoms with Crippen LogP contribution >= 0.6 is 0 Å². The van der Waals surface area contributed by atoms with Crippen LogP contribution in [0.2, 0.25) is 0 Å². The number of hydrogen-bond acceptors (Lipinski definition) is 2. The van der Waals surface area contributed by atoms with E-state index in [9.17, 15) is 4.79 Å². The molecular weight excluding hydrogens is 154 g/mol. The number of hydrogen-bond donors (Lipinski definition) is 0. The van der Waals surface area contributed by atoms with E-state index in [0.717, 1.165) is 26.1 Å². The maximum Gasteiger partial charge on any atom is 0.245 e. The summed E-state index contributed by atoms with van der Waals surface area (Å²) in [5.41, 5.74) is 0. The van der Waals surface area contributed by atoms with Gasteiger partial charge in [-0.3, -0.25) is 4.79 Å². The summed E-state index contributed by atoms with van der Waals surface area (Å²) in [6, 6.07) is 0. The average Bonchev–Trinajstić information content (AvgIpc) is 2.01. The Labute approximate surface area is 73.0 Å². The zero-order chi connectivity index (χ0) is 8.97. The van der Waals surface area contributed by atoms with Crippen molar-refractivity contribution in [2.75, 3.05) is 26.8 Å². The highest BCUT2D eigenvalue weighted by atomic mass is 16.5. The molecule has 3 heteroatoms. The Morgan fingerprint density at radius 3 is 2.92 bits per heavy atom. The fourth-order valence-electron chi connectivity index (χ4n) is 1.35. The first-order valence-corrected chi connectivity index (χ1v) is 4.18. The molecule has 1 aliphatic rings. The lowest BCUT2D eigenvalue weighted by Gasteiger charge is -2.38. The van der Waals surface area contributed by atoms with Gasteiger partial charge in [-0.2, -0.15) is 0 Å². The molecular formula is C9H15NO2. The maximum atomic E-state index is 11.0. The summed E-state index contributed by atoms with van der Waals surface area (Å²) < 4.78 is 4.95. The van der Waals surface area contributed by atoms with Crippen LogP contribution in [0, 0.1) is 5.92 Å². The molecule has 3 nitrogen and oxygen atoms in total. The molecule has 1 rings (SSSR count). The number of carbonyl (C=O) groups excluding carboxylic acids is 1. The molecule has 0 aromatic heterocycles. The van der Waals surface area contributed by atoms with E-state index in [-0.39, 0.29) is 5.91 Å². The lowest BCUT2D eigenvalue weighted by atomic mass is 9.97. The number of ether oxygens (including phenoxy) is 1. The van der Waals surface area contributed by atoms with Crippen molar-refractivity contribution in [3.63, 3.8) is 0 Å². The molecule has 0 atom stereocenters. The Morgan fingerprint density at radius 1 is 1.75 bits per heavy atom. The van der Waals surface area contributed by atoms with Crippen LogP contribution in [0.5, 0.6) is 0 Å². The number of nitrogens with zero attached hydrogens (tertiary/aromatic N) is 1. The van der Waals surface area contributed by atoms with E-state index in [1.807, 2.05) is 0 Å². The lowest BCUT2D eigenvalue weighted by molar-refractivity contribution is -0.132. The highest BCUT2D eigenvalue weighted by Crippen LogP contribution is 2.18. The molecule has 0 aromatic rings. The topological polar surface area (TPSA) is 29.5 Å². The standard InChI is InChI=1S/C9H15NO2/c1-3-9(11)10-6-8(7-10)4-5-12-2/h3,8H,1,4-7H2,2H3. The summed E-state index contributed by atoms with van der Waals surface area (Å²) in [6.45, 7) is 5.97. The molecule has 1 amide bonds. The first kappa shape index (κ1) is 9.26. The Morgan fingerprint density at radius 2 is 2.42 bits per heavy atom. The van der Waals surface area contributed by atoms with Crippen LogP contribution in [0.4, 0.5) is 0 Å². The number of carbonyl (C=O) groups is 1. The van der Waals surface area contributed by atoms with Crippen LogP contribution in [0.3, 0.4) is 0 Å². The van der Waals surface area contributed by atoms with Gasteiger partial charge in [0.05, 0.1) is 0 Å². The van der Waals surface area contributed by atoms with Gasteiger partial charge in [-0.15, -0.1) is 0 Å². The molecule has 1 heterocycles. The third kappa shape index (κ3) is 2.08. The van der Waals surface area contributed by atoms with Crippen LogP contribution in [-0.4, -0.2) is 37.6 Å². The minimum atomic E-state index is 0.0451. The average molecular weight is 169 g/mol. The molecule has 68 valence electrons. The molecule has 0 aromatic carbocycles. The van der Waals surface area contributed by atoms with Gasteiger partial charge in [0.15, 0.2) is 0 Å². The second-order valence-corrected chi connectivity index (χ2v) is 3.09. The van der Waals surface area contributed by atoms with E-state index in [2.05, 4.69) is 6.58 Å². The van der Waals surface area contributed by atoms with Crippen molar-refractivity contribution in [2.45, 2.75) is 6.42 Å². The number of rotatable bonds is 4. The molecule has 1 saturated heterocycles. The summed E-state index contributed by atoms with van der Waals surface area (Å²) in [7, 11) is 1.70. The summed E-state index contributed by atoms with van der Waals surface area (Å²) in [6.07, 6.45) is 2.42.